The van der Waals surface area contributed by atoms with Crippen LogP contribution in [0.5, 0.6) is 0 Å². The Labute approximate surface area is 142 Å². The third-order valence-corrected chi connectivity index (χ3v) is 3.90. The summed E-state index contributed by atoms with van der Waals surface area (Å²) >= 11 is 0. The number of nitrogens with zero attached hydrogens (tertiary/aromatic N) is 1. The molecular formula is C18H35N3O2. The first kappa shape index (κ1) is 23.6. The van der Waals surface area contributed by atoms with Gasteiger partial charge in [0.05, 0.1) is 11.8 Å². The molecule has 0 aromatic rings. The normalized spacial score (nSPS) is 27.2. The van der Waals surface area contributed by atoms with Crippen molar-refractivity contribution in [2.45, 2.75) is 67.5 Å². The number of carbonyl (C=O) groups excluding carboxylic acids is 2. The molecular weight excluding hydrogens is 290 g/mol. The first-order valence-electron chi connectivity index (χ1n) is 8.19. The molecule has 0 bridgehead atoms. The van der Waals surface area contributed by atoms with E-state index >= 15 is 0 Å². The minimum absolute atomic E-state index is 0.188. The largest absolute Gasteiger partial charge is 0.353 e. The van der Waals surface area contributed by atoms with Crippen molar-refractivity contribution < 1.29 is 9.59 Å². The van der Waals surface area contributed by atoms with E-state index in [-0.39, 0.29) is 23.7 Å². The first-order chi connectivity index (χ1) is 10.6. The maximum Gasteiger partial charge on any atom is 0.225 e. The molecule has 2 saturated heterocycles. The number of aliphatic imine (C=N–C) groups is 1. The summed E-state index contributed by atoms with van der Waals surface area (Å²) in [6.07, 6.45) is 3.83. The van der Waals surface area contributed by atoms with Crippen LogP contribution in [-0.2, 0) is 9.59 Å². The predicted octanol–water partition coefficient (Wildman–Crippen LogP) is 2.96. The smallest absolute Gasteiger partial charge is 0.225 e. The molecule has 5 nitrogen and oxygen atoms in total. The minimum Gasteiger partial charge on any atom is -0.353 e. The van der Waals surface area contributed by atoms with Crippen molar-refractivity contribution in [3.63, 3.8) is 0 Å². The van der Waals surface area contributed by atoms with Crippen molar-refractivity contribution in [1.29, 1.82) is 0 Å². The Morgan fingerprint density at radius 3 is 1.17 bits per heavy atom. The monoisotopic (exact) mass is 325 g/mol. The molecule has 0 aromatic carbocycles. The van der Waals surface area contributed by atoms with Crippen molar-refractivity contribution in [3.8, 4) is 0 Å². The van der Waals surface area contributed by atoms with Crippen LogP contribution < -0.4 is 10.6 Å². The highest BCUT2D eigenvalue weighted by Gasteiger charge is 2.31. The van der Waals surface area contributed by atoms with Crippen LogP contribution in [0.2, 0.25) is 0 Å². The quantitative estimate of drug-likeness (QED) is 0.408. The lowest BCUT2D eigenvalue weighted by atomic mass is 9.95. The zero-order chi connectivity index (χ0) is 18.6. The number of β-lactam (4-membered cyclic amide) rings is 2. The van der Waals surface area contributed by atoms with Gasteiger partial charge in [0.2, 0.25) is 11.8 Å². The standard InChI is InChI=1S/2C5H9NO.C5H10.C3H7N/c2*1-3-4(2)6-5(3)7;1-4-5(2)3;1-3-4-2/h2*3-4H,1-2H3,(H,6,7);4H,1-3H3;3H,1-2H3/t3-,4+;3-,4-;;/m10../s1. The van der Waals surface area contributed by atoms with Gasteiger partial charge >= 0.3 is 0 Å². The summed E-state index contributed by atoms with van der Waals surface area (Å²) in [4.78, 5) is 24.3. The minimum atomic E-state index is 0.188. The predicted molar refractivity (Wildman–Crippen MR) is 98.7 cm³/mol. The molecule has 23 heavy (non-hydrogen) atoms. The number of rotatable bonds is 0. The molecule has 5 heteroatoms. The molecule has 2 heterocycles. The van der Waals surface area contributed by atoms with E-state index in [9.17, 15) is 9.59 Å². The van der Waals surface area contributed by atoms with Gasteiger partial charge < -0.3 is 15.6 Å². The summed E-state index contributed by atoms with van der Waals surface area (Å²) in [6, 6.07) is 0.819. The summed E-state index contributed by atoms with van der Waals surface area (Å²) in [7, 11) is 1.75. The molecule has 0 radical (unpaired) electrons. The molecule has 0 spiro atoms. The molecule has 2 rings (SSSR count). The summed E-state index contributed by atoms with van der Waals surface area (Å²) in [5, 5.41) is 5.43. The molecule has 2 N–H and O–H groups in total. The average molecular weight is 325 g/mol. The van der Waals surface area contributed by atoms with Crippen molar-refractivity contribution in [1.82, 2.24) is 10.6 Å². The molecule has 0 saturated carbocycles. The second-order valence-electron chi connectivity index (χ2n) is 6.05. The van der Waals surface area contributed by atoms with E-state index in [4.69, 9.17) is 0 Å². The molecule has 0 unspecified atom stereocenters. The molecule has 2 amide bonds. The van der Waals surface area contributed by atoms with E-state index in [0.29, 0.717) is 12.1 Å². The van der Waals surface area contributed by atoms with Crippen LogP contribution in [-0.4, -0.2) is 37.2 Å². The number of amides is 2. The summed E-state index contributed by atoms with van der Waals surface area (Å²) in [5.41, 5.74) is 1.38. The number of hydrogen-bond donors (Lipinski definition) is 2. The summed E-state index contributed by atoms with van der Waals surface area (Å²) in [6.45, 7) is 16.0. The zero-order valence-corrected chi connectivity index (χ0v) is 16.2. The Kier molecular flexibility index (Phi) is 13.2. The van der Waals surface area contributed by atoms with Gasteiger partial charge in [0.1, 0.15) is 0 Å². The van der Waals surface area contributed by atoms with Gasteiger partial charge in [-0.2, -0.15) is 0 Å². The lowest BCUT2D eigenvalue weighted by Gasteiger charge is -2.30. The van der Waals surface area contributed by atoms with E-state index in [0.717, 1.165) is 0 Å². The molecule has 2 aliphatic heterocycles. The van der Waals surface area contributed by atoms with Crippen LogP contribution in [0.1, 0.15) is 55.4 Å². The number of nitrogens with one attached hydrogen (secondary N) is 2. The van der Waals surface area contributed by atoms with E-state index in [1.165, 1.54) is 5.57 Å². The highest BCUT2D eigenvalue weighted by Crippen LogP contribution is 2.11. The molecule has 0 aromatic heterocycles. The third-order valence-electron chi connectivity index (χ3n) is 3.90. The van der Waals surface area contributed by atoms with Crippen molar-refractivity contribution in [2.24, 2.45) is 16.8 Å². The number of carbonyl (C=O) groups is 2. The maximum atomic E-state index is 10.3. The van der Waals surface area contributed by atoms with Crippen LogP contribution in [0.25, 0.3) is 0 Å². The zero-order valence-electron chi connectivity index (χ0n) is 16.2. The van der Waals surface area contributed by atoms with Crippen molar-refractivity contribution in [3.05, 3.63) is 11.6 Å². The fourth-order valence-corrected chi connectivity index (χ4v) is 1.22. The van der Waals surface area contributed by atoms with Crippen LogP contribution >= 0.6 is 0 Å². The second kappa shape index (κ2) is 12.9. The van der Waals surface area contributed by atoms with E-state index in [1.807, 2.05) is 41.5 Å². The average Bonchev–Trinajstić information content (AvgIpc) is 2.56. The first-order valence-corrected chi connectivity index (χ1v) is 8.19. The van der Waals surface area contributed by atoms with Crippen LogP contribution in [0.3, 0.4) is 0 Å². The number of hydrogen-bond acceptors (Lipinski definition) is 3. The second-order valence-corrected chi connectivity index (χ2v) is 6.05. The molecule has 0 aliphatic carbocycles. The molecule has 134 valence electrons. The Morgan fingerprint density at radius 1 is 0.913 bits per heavy atom. The Hall–Kier alpha value is -1.65. The van der Waals surface area contributed by atoms with Crippen LogP contribution in [0, 0.1) is 11.8 Å². The van der Waals surface area contributed by atoms with Gasteiger partial charge in [-0.05, 0) is 47.8 Å². The van der Waals surface area contributed by atoms with Gasteiger partial charge in [-0.1, -0.05) is 25.5 Å². The highest BCUT2D eigenvalue weighted by atomic mass is 16.2. The molecule has 2 fully saturated rings. The number of allylic oxidation sites excluding steroid dienone is 2. The SMILES string of the molecule is CC=C(C)C.CC=NC.C[C@@H]1NC(=O)[C@@H]1C.C[C@@H]1NC(=O)[C@H]1C. The Balaban J connectivity index is 0. The Morgan fingerprint density at radius 2 is 1.17 bits per heavy atom. The van der Waals surface area contributed by atoms with Crippen molar-refractivity contribution in [2.75, 3.05) is 7.05 Å². The van der Waals surface area contributed by atoms with Gasteiger partial charge in [0.25, 0.3) is 0 Å². The van der Waals surface area contributed by atoms with Crippen molar-refractivity contribution >= 4 is 18.0 Å². The van der Waals surface area contributed by atoms with Gasteiger partial charge in [0.15, 0.2) is 0 Å². The van der Waals surface area contributed by atoms with Gasteiger partial charge in [-0.25, -0.2) is 0 Å². The van der Waals surface area contributed by atoms with Crippen LogP contribution in [0.4, 0.5) is 0 Å². The summed E-state index contributed by atoms with van der Waals surface area (Å²) in [5.74, 6) is 0.875. The lowest BCUT2D eigenvalue weighted by molar-refractivity contribution is -0.134. The fourth-order valence-electron chi connectivity index (χ4n) is 1.22. The summed E-state index contributed by atoms with van der Waals surface area (Å²) < 4.78 is 0. The van der Waals surface area contributed by atoms with Crippen LogP contribution in [0.15, 0.2) is 16.6 Å². The lowest BCUT2D eigenvalue weighted by Crippen LogP contribution is -2.54. The van der Waals surface area contributed by atoms with Gasteiger partial charge in [-0.15, -0.1) is 0 Å². The van der Waals surface area contributed by atoms with Gasteiger partial charge in [0, 0.05) is 19.1 Å². The fraction of sp³-hybridized carbons (Fsp3) is 0.722. The molecule has 2 aliphatic rings. The maximum absolute atomic E-state index is 10.3. The van der Waals surface area contributed by atoms with E-state index in [1.54, 1.807) is 13.3 Å². The Bertz CT molecular complexity index is 382. The van der Waals surface area contributed by atoms with Gasteiger partial charge in [-0.3, -0.25) is 9.59 Å². The highest BCUT2D eigenvalue weighted by molar-refractivity contribution is 5.85. The van der Waals surface area contributed by atoms with E-state index in [2.05, 4.69) is 35.5 Å². The molecule has 4 atom stereocenters. The topological polar surface area (TPSA) is 70.6 Å². The van der Waals surface area contributed by atoms with E-state index < -0.39 is 0 Å². The third kappa shape index (κ3) is 10.7.